The maximum absolute atomic E-state index is 12.9. The van der Waals surface area contributed by atoms with Gasteiger partial charge in [-0.3, -0.25) is 14.9 Å². The zero-order valence-corrected chi connectivity index (χ0v) is 15.6. The van der Waals surface area contributed by atoms with Crippen molar-refractivity contribution in [3.63, 3.8) is 0 Å². The standard InChI is InChI=1S/C20H23N3O4/c1-15-17(7-5-9-18(15)23(25)26)20(24)21(2)14-16-6-3-4-8-19(16)22-10-12-27-13-11-22/h3-9H,10-14H2,1-2H3. The molecular formula is C20H23N3O4. The molecule has 0 N–H and O–H groups in total. The Morgan fingerprint density at radius 2 is 1.89 bits per heavy atom. The third-order valence-corrected chi connectivity index (χ3v) is 4.83. The van der Waals surface area contributed by atoms with Crippen LogP contribution in [-0.2, 0) is 11.3 Å². The highest BCUT2D eigenvalue weighted by atomic mass is 16.6. The molecule has 7 nitrogen and oxygen atoms in total. The Hall–Kier alpha value is -2.93. The number of rotatable bonds is 5. The van der Waals surface area contributed by atoms with Gasteiger partial charge in [-0.15, -0.1) is 0 Å². The minimum atomic E-state index is -0.458. The second-order valence-electron chi connectivity index (χ2n) is 6.60. The van der Waals surface area contributed by atoms with E-state index in [0.717, 1.165) is 24.3 Å². The van der Waals surface area contributed by atoms with Crippen molar-refractivity contribution in [3.8, 4) is 0 Å². The maximum atomic E-state index is 12.9. The van der Waals surface area contributed by atoms with E-state index < -0.39 is 4.92 Å². The molecule has 0 spiro atoms. The monoisotopic (exact) mass is 369 g/mol. The number of para-hydroxylation sites is 1. The first-order valence-corrected chi connectivity index (χ1v) is 8.89. The van der Waals surface area contributed by atoms with Crippen LogP contribution in [0.15, 0.2) is 42.5 Å². The summed E-state index contributed by atoms with van der Waals surface area (Å²) in [7, 11) is 1.72. The summed E-state index contributed by atoms with van der Waals surface area (Å²) in [6, 6.07) is 12.6. The summed E-state index contributed by atoms with van der Waals surface area (Å²) in [6.45, 7) is 5.05. The van der Waals surface area contributed by atoms with Gasteiger partial charge < -0.3 is 14.5 Å². The first kappa shape index (κ1) is 18.8. The van der Waals surface area contributed by atoms with E-state index in [9.17, 15) is 14.9 Å². The molecular weight excluding hydrogens is 346 g/mol. The Bertz CT molecular complexity index is 847. The first-order chi connectivity index (χ1) is 13.0. The summed E-state index contributed by atoms with van der Waals surface area (Å²) in [6.07, 6.45) is 0. The lowest BCUT2D eigenvalue weighted by molar-refractivity contribution is -0.385. The average Bonchev–Trinajstić information content (AvgIpc) is 2.68. The molecule has 0 atom stereocenters. The van der Waals surface area contributed by atoms with Gasteiger partial charge in [0.15, 0.2) is 0 Å². The molecule has 1 fully saturated rings. The number of nitro benzene ring substituents is 1. The molecule has 0 saturated carbocycles. The molecule has 0 aromatic heterocycles. The Labute approximate surface area is 158 Å². The molecule has 27 heavy (non-hydrogen) atoms. The fourth-order valence-corrected chi connectivity index (χ4v) is 3.34. The number of anilines is 1. The average molecular weight is 369 g/mol. The van der Waals surface area contributed by atoms with Gasteiger partial charge in [-0.1, -0.05) is 24.3 Å². The number of hydrogen-bond acceptors (Lipinski definition) is 5. The van der Waals surface area contributed by atoms with Crippen LogP contribution in [0.4, 0.5) is 11.4 Å². The van der Waals surface area contributed by atoms with E-state index in [1.165, 1.54) is 6.07 Å². The summed E-state index contributed by atoms with van der Waals surface area (Å²) in [5.74, 6) is -0.229. The highest BCUT2D eigenvalue weighted by molar-refractivity contribution is 5.96. The molecule has 7 heteroatoms. The molecule has 2 aromatic carbocycles. The summed E-state index contributed by atoms with van der Waals surface area (Å²) >= 11 is 0. The van der Waals surface area contributed by atoms with Gasteiger partial charge in [-0.25, -0.2) is 0 Å². The van der Waals surface area contributed by atoms with Crippen LogP contribution in [0, 0.1) is 17.0 Å². The SMILES string of the molecule is Cc1c(C(=O)N(C)Cc2ccccc2N2CCOCC2)cccc1[N+](=O)[O-]. The Kier molecular flexibility index (Phi) is 5.71. The van der Waals surface area contributed by atoms with Gasteiger partial charge in [0, 0.05) is 49.6 Å². The highest BCUT2D eigenvalue weighted by Crippen LogP contribution is 2.25. The fourth-order valence-electron chi connectivity index (χ4n) is 3.34. The summed E-state index contributed by atoms with van der Waals surface area (Å²) in [5.41, 5.74) is 2.84. The van der Waals surface area contributed by atoms with Gasteiger partial charge in [-0.2, -0.15) is 0 Å². The van der Waals surface area contributed by atoms with Gasteiger partial charge in [0.2, 0.25) is 0 Å². The molecule has 3 rings (SSSR count). The van der Waals surface area contributed by atoms with Gasteiger partial charge in [-0.05, 0) is 24.6 Å². The van der Waals surface area contributed by atoms with E-state index in [2.05, 4.69) is 11.0 Å². The number of ether oxygens (including phenoxy) is 1. The molecule has 0 aliphatic carbocycles. The molecule has 1 saturated heterocycles. The van der Waals surface area contributed by atoms with Crippen LogP contribution in [0.3, 0.4) is 0 Å². The predicted octanol–water partition coefficient (Wildman–Crippen LogP) is 3.01. The van der Waals surface area contributed by atoms with Crippen LogP contribution in [0.5, 0.6) is 0 Å². The van der Waals surface area contributed by atoms with Crippen LogP contribution >= 0.6 is 0 Å². The van der Waals surface area contributed by atoms with Crippen LogP contribution in [-0.4, -0.2) is 49.1 Å². The van der Waals surface area contributed by atoms with E-state index in [4.69, 9.17) is 4.74 Å². The Morgan fingerprint density at radius 3 is 2.59 bits per heavy atom. The zero-order valence-electron chi connectivity index (χ0n) is 15.6. The van der Waals surface area contributed by atoms with E-state index in [1.807, 2.05) is 18.2 Å². The molecule has 1 heterocycles. The highest BCUT2D eigenvalue weighted by Gasteiger charge is 2.22. The van der Waals surface area contributed by atoms with Crippen molar-refractivity contribution >= 4 is 17.3 Å². The summed E-state index contributed by atoms with van der Waals surface area (Å²) in [5, 5.41) is 11.1. The fraction of sp³-hybridized carbons (Fsp3) is 0.350. The van der Waals surface area contributed by atoms with Gasteiger partial charge in [0.25, 0.3) is 11.6 Å². The first-order valence-electron chi connectivity index (χ1n) is 8.89. The zero-order chi connectivity index (χ0) is 19.4. The third kappa shape index (κ3) is 4.09. The molecule has 142 valence electrons. The number of nitro groups is 1. The van der Waals surface area contributed by atoms with E-state index >= 15 is 0 Å². The number of carbonyl (C=O) groups excluding carboxylic acids is 1. The molecule has 1 aliphatic heterocycles. The minimum Gasteiger partial charge on any atom is -0.378 e. The Balaban J connectivity index is 1.82. The summed E-state index contributed by atoms with van der Waals surface area (Å²) < 4.78 is 5.42. The topological polar surface area (TPSA) is 75.9 Å². The molecule has 0 unspecified atom stereocenters. The molecule has 1 amide bonds. The van der Waals surface area contributed by atoms with Crippen molar-refractivity contribution in [2.24, 2.45) is 0 Å². The molecule has 0 radical (unpaired) electrons. The molecule has 0 bridgehead atoms. The number of morpholine rings is 1. The normalized spacial score (nSPS) is 14.1. The number of amides is 1. The van der Waals surface area contributed by atoms with Crippen molar-refractivity contribution < 1.29 is 14.5 Å². The van der Waals surface area contributed by atoms with Crippen molar-refractivity contribution in [3.05, 3.63) is 69.3 Å². The second kappa shape index (κ2) is 8.18. The lowest BCUT2D eigenvalue weighted by Gasteiger charge is -2.31. The third-order valence-electron chi connectivity index (χ3n) is 4.83. The second-order valence-corrected chi connectivity index (χ2v) is 6.60. The van der Waals surface area contributed by atoms with E-state index in [0.29, 0.717) is 30.9 Å². The lowest BCUT2D eigenvalue weighted by atomic mass is 10.0. The smallest absolute Gasteiger partial charge is 0.273 e. The van der Waals surface area contributed by atoms with E-state index in [-0.39, 0.29) is 11.6 Å². The van der Waals surface area contributed by atoms with Gasteiger partial charge >= 0.3 is 0 Å². The summed E-state index contributed by atoms with van der Waals surface area (Å²) in [4.78, 5) is 27.4. The lowest BCUT2D eigenvalue weighted by Crippen LogP contribution is -2.37. The van der Waals surface area contributed by atoms with Crippen LogP contribution < -0.4 is 4.90 Å². The maximum Gasteiger partial charge on any atom is 0.273 e. The minimum absolute atomic E-state index is 0.0389. The number of hydrogen-bond donors (Lipinski definition) is 0. The number of benzene rings is 2. The number of nitrogens with zero attached hydrogens (tertiary/aromatic N) is 3. The Morgan fingerprint density at radius 1 is 1.19 bits per heavy atom. The molecule has 2 aromatic rings. The predicted molar refractivity (Wildman–Crippen MR) is 103 cm³/mol. The van der Waals surface area contributed by atoms with Crippen molar-refractivity contribution in [2.45, 2.75) is 13.5 Å². The van der Waals surface area contributed by atoms with Gasteiger partial charge in [0.1, 0.15) is 0 Å². The van der Waals surface area contributed by atoms with Crippen molar-refractivity contribution in [2.75, 3.05) is 38.3 Å². The molecule has 1 aliphatic rings. The van der Waals surface area contributed by atoms with Crippen LogP contribution in [0.25, 0.3) is 0 Å². The largest absolute Gasteiger partial charge is 0.378 e. The quantitative estimate of drug-likeness (QED) is 0.598. The van der Waals surface area contributed by atoms with Crippen LogP contribution in [0.1, 0.15) is 21.5 Å². The van der Waals surface area contributed by atoms with Crippen LogP contribution in [0.2, 0.25) is 0 Å². The van der Waals surface area contributed by atoms with Crippen molar-refractivity contribution in [1.29, 1.82) is 0 Å². The van der Waals surface area contributed by atoms with Gasteiger partial charge in [0.05, 0.1) is 18.1 Å². The van der Waals surface area contributed by atoms with E-state index in [1.54, 1.807) is 31.0 Å². The number of carbonyl (C=O) groups is 1. The van der Waals surface area contributed by atoms with Crippen molar-refractivity contribution in [1.82, 2.24) is 4.90 Å².